The number of nitrogens with zero attached hydrogens (tertiary/aromatic N) is 2. The second kappa shape index (κ2) is 8.06. The van der Waals surface area contributed by atoms with E-state index < -0.39 is 0 Å². The normalized spacial score (nSPS) is 17.2. The highest BCUT2D eigenvalue weighted by Crippen LogP contribution is 2.22. The summed E-state index contributed by atoms with van der Waals surface area (Å²) in [7, 11) is 0. The summed E-state index contributed by atoms with van der Waals surface area (Å²) in [6.45, 7) is 1.79. The highest BCUT2D eigenvalue weighted by Gasteiger charge is 2.25. The fourth-order valence-electron chi connectivity index (χ4n) is 3.37. The lowest BCUT2D eigenvalue weighted by Gasteiger charge is -2.17. The Labute approximate surface area is 143 Å². The molecule has 1 atom stereocenters. The van der Waals surface area contributed by atoms with Gasteiger partial charge in [-0.25, -0.2) is 0 Å². The summed E-state index contributed by atoms with van der Waals surface area (Å²) in [4.78, 5) is 18.4. The molecule has 1 aromatic heterocycles. The number of aromatic nitrogens is 1. The van der Waals surface area contributed by atoms with Crippen LogP contribution in [0.5, 0.6) is 0 Å². The molecule has 24 heavy (non-hydrogen) atoms. The minimum absolute atomic E-state index is 0.0815. The number of aliphatic hydroxyl groups is 1. The van der Waals surface area contributed by atoms with E-state index in [2.05, 4.69) is 17.1 Å². The molecule has 126 valence electrons. The molecule has 1 saturated heterocycles. The van der Waals surface area contributed by atoms with Crippen molar-refractivity contribution in [2.24, 2.45) is 5.92 Å². The van der Waals surface area contributed by atoms with Crippen LogP contribution in [0.2, 0.25) is 0 Å². The van der Waals surface area contributed by atoms with Gasteiger partial charge >= 0.3 is 0 Å². The maximum Gasteiger partial charge on any atom is 0.222 e. The molecule has 0 spiro atoms. The second-order valence-electron chi connectivity index (χ2n) is 6.53. The fraction of sp³-hybridized carbons (Fsp3) is 0.400. The van der Waals surface area contributed by atoms with Crippen LogP contribution in [0, 0.1) is 5.92 Å². The first-order valence-corrected chi connectivity index (χ1v) is 8.60. The van der Waals surface area contributed by atoms with Crippen molar-refractivity contribution in [1.82, 2.24) is 9.88 Å². The molecule has 2 aromatic rings. The zero-order valence-electron chi connectivity index (χ0n) is 13.9. The predicted molar refractivity (Wildman–Crippen MR) is 93.3 cm³/mol. The van der Waals surface area contributed by atoms with Crippen molar-refractivity contribution in [3.05, 3.63) is 65.5 Å². The molecule has 4 heteroatoms. The minimum atomic E-state index is 0.0815. The molecule has 1 aliphatic rings. The van der Waals surface area contributed by atoms with Crippen molar-refractivity contribution >= 4 is 5.91 Å². The Balaban J connectivity index is 1.48. The SMILES string of the molecule is O=C(CCc1ccncc1)N1CCC(Cc2cccc(CO)c2)C1. The molecule has 1 aliphatic heterocycles. The van der Waals surface area contributed by atoms with Crippen LogP contribution in [0.3, 0.4) is 0 Å². The van der Waals surface area contributed by atoms with Gasteiger partial charge in [0.1, 0.15) is 0 Å². The van der Waals surface area contributed by atoms with E-state index >= 15 is 0 Å². The van der Waals surface area contributed by atoms with Crippen molar-refractivity contribution in [3.63, 3.8) is 0 Å². The van der Waals surface area contributed by atoms with E-state index in [-0.39, 0.29) is 12.5 Å². The van der Waals surface area contributed by atoms with E-state index in [1.165, 1.54) is 5.56 Å². The number of rotatable bonds is 6. The van der Waals surface area contributed by atoms with Crippen molar-refractivity contribution in [3.8, 4) is 0 Å². The number of benzene rings is 1. The number of pyridine rings is 1. The third-order valence-corrected chi connectivity index (χ3v) is 4.71. The number of aryl methyl sites for hydroxylation is 1. The summed E-state index contributed by atoms with van der Waals surface area (Å²) in [6, 6.07) is 12.0. The molecule has 0 radical (unpaired) electrons. The van der Waals surface area contributed by atoms with Crippen LogP contribution >= 0.6 is 0 Å². The number of amides is 1. The van der Waals surface area contributed by atoms with Gasteiger partial charge in [-0.05, 0) is 54.0 Å². The topological polar surface area (TPSA) is 53.4 Å². The fourth-order valence-corrected chi connectivity index (χ4v) is 3.37. The van der Waals surface area contributed by atoms with Crippen LogP contribution in [-0.4, -0.2) is 34.0 Å². The summed E-state index contributed by atoms with van der Waals surface area (Å²) in [5.74, 6) is 0.766. The highest BCUT2D eigenvalue weighted by atomic mass is 16.3. The van der Waals surface area contributed by atoms with E-state index in [1.807, 2.05) is 29.2 Å². The monoisotopic (exact) mass is 324 g/mol. The Morgan fingerprint density at radius 2 is 1.96 bits per heavy atom. The Bertz CT molecular complexity index is 672. The van der Waals surface area contributed by atoms with Gasteiger partial charge in [-0.1, -0.05) is 24.3 Å². The smallest absolute Gasteiger partial charge is 0.222 e. The second-order valence-corrected chi connectivity index (χ2v) is 6.53. The zero-order valence-corrected chi connectivity index (χ0v) is 13.9. The van der Waals surface area contributed by atoms with Gasteiger partial charge in [0.2, 0.25) is 5.91 Å². The molecule has 1 N–H and O–H groups in total. The molecule has 1 unspecified atom stereocenters. The first-order valence-electron chi connectivity index (χ1n) is 8.60. The van der Waals surface area contributed by atoms with Crippen LogP contribution in [-0.2, 0) is 24.2 Å². The molecule has 0 bridgehead atoms. The standard InChI is InChI=1S/C20H24N2O2/c23-15-19-3-1-2-17(13-19)12-18-8-11-22(14-18)20(24)5-4-16-6-9-21-10-7-16/h1-3,6-7,9-10,13,18,23H,4-5,8,11-12,14-15H2. The third kappa shape index (κ3) is 4.42. The van der Waals surface area contributed by atoms with E-state index in [0.29, 0.717) is 12.3 Å². The van der Waals surface area contributed by atoms with E-state index in [0.717, 1.165) is 43.5 Å². The molecule has 1 fully saturated rings. The summed E-state index contributed by atoms with van der Waals surface area (Å²) < 4.78 is 0. The van der Waals surface area contributed by atoms with Crippen molar-refractivity contribution < 1.29 is 9.90 Å². The summed E-state index contributed by atoms with van der Waals surface area (Å²) in [5.41, 5.74) is 3.36. The van der Waals surface area contributed by atoms with Gasteiger partial charge in [0.05, 0.1) is 6.61 Å². The number of carbonyl (C=O) groups is 1. The van der Waals surface area contributed by atoms with E-state index in [4.69, 9.17) is 0 Å². The molecule has 2 heterocycles. The van der Waals surface area contributed by atoms with Crippen molar-refractivity contribution in [2.45, 2.75) is 32.3 Å². The Kier molecular flexibility index (Phi) is 5.59. The Hall–Kier alpha value is -2.20. The average Bonchev–Trinajstić information content (AvgIpc) is 3.09. The quantitative estimate of drug-likeness (QED) is 0.888. The molecule has 4 nitrogen and oxygen atoms in total. The first-order chi connectivity index (χ1) is 11.7. The lowest BCUT2D eigenvalue weighted by atomic mass is 9.97. The van der Waals surface area contributed by atoms with E-state index in [9.17, 15) is 9.90 Å². The van der Waals surface area contributed by atoms with Crippen LogP contribution in [0.4, 0.5) is 0 Å². The predicted octanol–water partition coefficient (Wildman–Crippen LogP) is 2.60. The largest absolute Gasteiger partial charge is 0.392 e. The summed E-state index contributed by atoms with van der Waals surface area (Å²) >= 11 is 0. The lowest BCUT2D eigenvalue weighted by Crippen LogP contribution is -2.29. The maximum atomic E-state index is 12.4. The van der Waals surface area contributed by atoms with Crippen LogP contribution in [0.1, 0.15) is 29.5 Å². The minimum Gasteiger partial charge on any atom is -0.392 e. The van der Waals surface area contributed by atoms with Crippen molar-refractivity contribution in [2.75, 3.05) is 13.1 Å². The number of aliphatic hydroxyl groups excluding tert-OH is 1. The number of hydrogen-bond donors (Lipinski definition) is 1. The van der Waals surface area contributed by atoms with Gasteiger partial charge < -0.3 is 10.0 Å². The van der Waals surface area contributed by atoms with Gasteiger partial charge in [-0.15, -0.1) is 0 Å². The lowest BCUT2D eigenvalue weighted by molar-refractivity contribution is -0.130. The molecule has 1 amide bonds. The molecule has 0 aliphatic carbocycles. The molecule has 1 aromatic carbocycles. The van der Waals surface area contributed by atoms with Crippen molar-refractivity contribution in [1.29, 1.82) is 0 Å². The molecule has 0 saturated carbocycles. The Morgan fingerprint density at radius 3 is 2.75 bits per heavy atom. The van der Waals surface area contributed by atoms with Crippen LogP contribution < -0.4 is 0 Å². The van der Waals surface area contributed by atoms with Gasteiger partial charge in [-0.2, -0.15) is 0 Å². The van der Waals surface area contributed by atoms with Crippen LogP contribution in [0.15, 0.2) is 48.8 Å². The van der Waals surface area contributed by atoms with Gasteiger partial charge in [-0.3, -0.25) is 9.78 Å². The third-order valence-electron chi connectivity index (χ3n) is 4.71. The number of carbonyl (C=O) groups excluding carboxylic acids is 1. The molecule has 3 rings (SSSR count). The Morgan fingerprint density at radius 1 is 1.17 bits per heavy atom. The molecular weight excluding hydrogens is 300 g/mol. The van der Waals surface area contributed by atoms with Gasteiger partial charge in [0.25, 0.3) is 0 Å². The van der Waals surface area contributed by atoms with E-state index in [1.54, 1.807) is 12.4 Å². The highest BCUT2D eigenvalue weighted by molar-refractivity contribution is 5.76. The van der Waals surface area contributed by atoms with Gasteiger partial charge in [0.15, 0.2) is 0 Å². The first kappa shape index (κ1) is 16.7. The summed E-state index contributed by atoms with van der Waals surface area (Å²) in [5, 5.41) is 9.23. The van der Waals surface area contributed by atoms with Gasteiger partial charge in [0, 0.05) is 31.9 Å². The van der Waals surface area contributed by atoms with Crippen LogP contribution in [0.25, 0.3) is 0 Å². The zero-order chi connectivity index (χ0) is 16.8. The molecular formula is C20H24N2O2. The number of likely N-dealkylation sites (tertiary alicyclic amines) is 1. The average molecular weight is 324 g/mol. The summed E-state index contributed by atoms with van der Waals surface area (Å²) in [6.07, 6.45) is 6.92. The number of hydrogen-bond acceptors (Lipinski definition) is 3. The maximum absolute atomic E-state index is 12.4.